The lowest BCUT2D eigenvalue weighted by Gasteiger charge is -2.47. The Balaban J connectivity index is 0.000000287. The number of rotatable bonds is 25. The number of hydrogen-bond donors (Lipinski definition) is 28. The van der Waals surface area contributed by atoms with E-state index in [1.165, 1.54) is 12.8 Å². The Labute approximate surface area is 542 Å². The maximum atomic E-state index is 11.5. The molecular weight excluding hydrogens is 1300 g/mol. The van der Waals surface area contributed by atoms with Gasteiger partial charge in [-0.3, -0.25) is 25.0 Å². The maximum absolute atomic E-state index is 11.5. The highest BCUT2D eigenvalue weighted by Gasteiger charge is 2.56. The molecule has 0 spiro atoms. The summed E-state index contributed by atoms with van der Waals surface area (Å²) in [7, 11) is 0. The van der Waals surface area contributed by atoms with Gasteiger partial charge in [-0.1, -0.05) is 38.5 Å². The maximum Gasteiger partial charge on any atom is 1.00 e. The molecule has 0 bridgehead atoms. The van der Waals surface area contributed by atoms with Gasteiger partial charge in [0.1, 0.15) is 165 Å². The third kappa shape index (κ3) is 21.8. The molecule has 6 saturated heterocycles. The Bertz CT molecular complexity index is 2270. The van der Waals surface area contributed by atoms with Gasteiger partial charge in [0.05, 0.1) is 46.2 Å². The minimum Gasteiger partial charge on any atom is -0.480 e. The molecule has 9 aliphatic rings. The summed E-state index contributed by atoms with van der Waals surface area (Å²) < 4.78 is 47.3. The van der Waals surface area contributed by atoms with Gasteiger partial charge in [0, 0.05) is 0 Å². The number of hydrogen-bond acceptors (Lipinski definition) is 37. The number of aliphatic hydroxyl groups excluding tert-OH is 21. The minimum atomic E-state index is -2.32. The number of ether oxygens (including phenoxy) is 9. The molecule has 9 fully saturated rings. The van der Waals surface area contributed by atoms with Crippen molar-refractivity contribution in [3.8, 4) is 0 Å². The smallest absolute Gasteiger partial charge is 0.480 e. The van der Waals surface area contributed by atoms with Crippen LogP contribution in [-0.2, 0) is 57.0 Å². The number of carboxylic acids is 3. The van der Waals surface area contributed by atoms with Crippen LogP contribution < -0.4 is 16.4 Å². The Morgan fingerprint density at radius 1 is 0.453 bits per heavy atom. The van der Waals surface area contributed by atoms with Gasteiger partial charge in [0.25, 0.3) is 0 Å². The molecule has 9 rings (SSSR count). The molecule has 0 aromatic heterocycles. The van der Waals surface area contributed by atoms with E-state index in [4.69, 9.17) is 58.6 Å². The lowest BCUT2D eigenvalue weighted by molar-refractivity contribution is -0.367. The lowest BCUT2D eigenvalue weighted by atomic mass is 9.95. The zero-order valence-corrected chi connectivity index (χ0v) is 51.1. The van der Waals surface area contributed by atoms with Crippen LogP contribution in [-0.4, -0.2) is 393 Å². The normalized spacial score (nSPS) is 43.7. The fourth-order valence-corrected chi connectivity index (χ4v) is 11.0. The van der Waals surface area contributed by atoms with Crippen molar-refractivity contribution in [3.63, 3.8) is 0 Å². The van der Waals surface area contributed by atoms with E-state index < -0.39 is 260 Å². The minimum absolute atomic E-state index is 0. The number of aliphatic carboxylic acids is 3. The largest absolute Gasteiger partial charge is 1.00 e. The van der Waals surface area contributed by atoms with E-state index in [2.05, 4.69) is 10.6 Å². The summed E-state index contributed by atoms with van der Waals surface area (Å²) in [5.74, 6) is -4.31. The molecule has 0 aromatic rings. The van der Waals surface area contributed by atoms with Crippen LogP contribution in [0, 0.1) is 17.8 Å². The highest BCUT2D eigenvalue weighted by atomic mass is 16.7. The number of carboxylic acid groups (broad SMARTS) is 3. The SMILES string of the molecule is NC(CC1CC1)C(=O)O.O.O=C(O)C(CC1CC1)NC1OC(CO)C(OC2OC(CO)C(O)C(O)C2O)C(O)C1O.O=C(O)C(CC1CC1)NCC1(O)OCC(O)C(OC2OC(CO)C(O)C(O)C2O)C1O.OCC1OC(OC2C(CO)OC(O)C(O)C2O)C(O)C(O)C1O.[H+]. The van der Waals surface area contributed by atoms with Crippen molar-refractivity contribution in [2.24, 2.45) is 23.5 Å². The zero-order valence-electron chi connectivity index (χ0n) is 52.1. The molecule has 3 aliphatic carbocycles. The number of aliphatic hydroxyl groups is 22. The average Bonchev–Trinajstić information content (AvgIpc) is 1.24. The topological polar surface area (TPSA) is 722 Å². The molecule has 6 aliphatic heterocycles. The third-order valence-corrected chi connectivity index (χ3v) is 17.5. The number of nitrogens with two attached hydrogens (primary N) is 1. The molecule has 0 amide bonds. The van der Waals surface area contributed by atoms with Crippen LogP contribution in [0.15, 0.2) is 0 Å². The Kier molecular flexibility index (Phi) is 32.3. The monoisotopic (exact) mass is 1400 g/mol. The predicted molar refractivity (Wildman–Crippen MR) is 303 cm³/mol. The van der Waals surface area contributed by atoms with E-state index in [0.29, 0.717) is 25.2 Å². The molecule has 0 aromatic carbocycles. The van der Waals surface area contributed by atoms with Gasteiger partial charge in [0.15, 0.2) is 25.2 Å². The van der Waals surface area contributed by atoms with Crippen LogP contribution >= 0.6 is 0 Å². The Hall–Kier alpha value is -2.99. The molecule has 95 heavy (non-hydrogen) atoms. The quantitative estimate of drug-likeness (QED) is 0.0404. The average molecular weight is 1400 g/mol. The van der Waals surface area contributed by atoms with Crippen LogP contribution in [0.2, 0.25) is 0 Å². The summed E-state index contributed by atoms with van der Waals surface area (Å²) in [4.78, 5) is 33.1. The lowest BCUT2D eigenvalue weighted by Crippen LogP contribution is -2.68. The van der Waals surface area contributed by atoms with Crippen LogP contribution in [0.3, 0.4) is 0 Å². The summed E-state index contributed by atoms with van der Waals surface area (Å²) >= 11 is 0. The van der Waals surface area contributed by atoms with E-state index in [-0.39, 0.29) is 18.7 Å². The van der Waals surface area contributed by atoms with Gasteiger partial charge in [-0.15, -0.1) is 0 Å². The molecule has 0 radical (unpaired) electrons. The van der Waals surface area contributed by atoms with E-state index in [1.807, 2.05) is 0 Å². The van der Waals surface area contributed by atoms with Gasteiger partial charge in [0.2, 0.25) is 5.79 Å². The van der Waals surface area contributed by atoms with Gasteiger partial charge in [-0.25, -0.2) is 0 Å². The Morgan fingerprint density at radius 3 is 1.20 bits per heavy atom. The standard InChI is InChI=1S/2C18H31NO12.C12H22O11.C6H11NO2.H2O/c20-4-10-11(22)12(23)13(24)17(30-10)31-14-9(21)5-29-18(28,15(14)25)6-19-8(16(26)27)3-7-1-2-7;20-4-8-10(22)11(23)14(26)18(30-8)31-15-9(5-21)29-16(13(25)12(15)24)19-7(17(27)28)3-6-1-2-6;13-1-3-5(15)6(16)9(19)12(22-3)23-10-4(2-14)21-11(20)8(18)7(10)17;7-5(6(8)9)3-4-1-2-4;/h7-15,17,19-25,28H,1-6H2,(H,26,27);6-16,18-26H,1-5H2,(H,27,28);3-20H,1-2H2;4-5H,1-3,7H2,(H,8,9);1H2/p+1. The summed E-state index contributed by atoms with van der Waals surface area (Å²) in [6.07, 6.45) is -36.5. The van der Waals surface area contributed by atoms with Crippen LogP contribution in [0.25, 0.3) is 0 Å². The predicted octanol–water partition coefficient (Wildman–Crippen LogP) is -15.0. The first-order chi connectivity index (χ1) is 44.2. The van der Waals surface area contributed by atoms with E-state index in [1.54, 1.807) is 0 Å². The summed E-state index contributed by atoms with van der Waals surface area (Å²) in [6.45, 7) is -4.40. The molecule has 41 heteroatoms. The fourth-order valence-electron chi connectivity index (χ4n) is 11.0. The van der Waals surface area contributed by atoms with E-state index in [0.717, 1.165) is 25.7 Å². The summed E-state index contributed by atoms with van der Waals surface area (Å²) in [5, 5.41) is 249. The van der Waals surface area contributed by atoms with Crippen LogP contribution in [0.1, 0.15) is 59.2 Å². The van der Waals surface area contributed by atoms with Crippen molar-refractivity contribution in [1.29, 1.82) is 0 Å². The second kappa shape index (κ2) is 37.1. The molecule has 6 heterocycles. The van der Waals surface area contributed by atoms with Crippen LogP contribution in [0.5, 0.6) is 0 Å². The zero-order chi connectivity index (χ0) is 70.0. The van der Waals surface area contributed by atoms with Crippen LogP contribution in [0.4, 0.5) is 0 Å². The molecule has 32 unspecified atom stereocenters. The van der Waals surface area contributed by atoms with Crippen molar-refractivity contribution in [2.75, 3.05) is 46.2 Å². The van der Waals surface area contributed by atoms with Crippen molar-refractivity contribution in [1.82, 2.24) is 10.6 Å². The van der Waals surface area contributed by atoms with Gasteiger partial charge >= 0.3 is 19.3 Å². The third-order valence-electron chi connectivity index (χ3n) is 17.5. The van der Waals surface area contributed by atoms with Crippen molar-refractivity contribution in [3.05, 3.63) is 0 Å². The fraction of sp³-hybridized carbons (Fsp3) is 0.944. The number of carbonyl (C=O) groups is 3. The molecular formula is C54H98N3O38+. The van der Waals surface area contributed by atoms with Crippen molar-refractivity contribution in [2.45, 2.75) is 253 Å². The molecule has 32 atom stereocenters. The molecule has 556 valence electrons. The highest BCUT2D eigenvalue weighted by molar-refractivity contribution is 5.74. The molecule has 31 N–H and O–H groups in total. The first-order valence-electron chi connectivity index (χ1n) is 30.7. The first-order valence-corrected chi connectivity index (χ1v) is 30.7. The van der Waals surface area contributed by atoms with Gasteiger partial charge < -0.3 is 182 Å². The highest BCUT2D eigenvalue weighted by Crippen LogP contribution is 2.37. The molecule has 3 saturated carbocycles. The first kappa shape index (κ1) is 82.7. The number of nitrogens with one attached hydrogen (secondary N) is 2. The van der Waals surface area contributed by atoms with Gasteiger partial charge in [-0.2, -0.15) is 0 Å². The van der Waals surface area contributed by atoms with E-state index in [9.17, 15) is 132 Å². The molecule has 41 nitrogen and oxygen atoms in total. The van der Waals surface area contributed by atoms with Crippen molar-refractivity contribution >= 4 is 17.9 Å². The van der Waals surface area contributed by atoms with Gasteiger partial charge in [-0.05, 0) is 37.0 Å². The van der Waals surface area contributed by atoms with E-state index >= 15 is 0 Å². The second-order valence-electron chi connectivity index (χ2n) is 24.9. The Morgan fingerprint density at radius 2 is 0.821 bits per heavy atom. The van der Waals surface area contributed by atoms with Crippen molar-refractivity contribution < 1.29 is 192 Å². The summed E-state index contributed by atoms with van der Waals surface area (Å²) in [6, 6.07) is -2.62. The summed E-state index contributed by atoms with van der Waals surface area (Å²) in [5.41, 5.74) is 5.26. The second-order valence-corrected chi connectivity index (χ2v) is 24.9.